The molecule has 3 saturated heterocycles. The molecule has 0 saturated carbocycles. The lowest BCUT2D eigenvalue weighted by atomic mass is 9.49. The maximum atomic E-state index is 13.4. The quantitative estimate of drug-likeness (QED) is 0.0690. The molecule has 0 radical (unpaired) electrons. The number of phenolic OH excluding ortho intramolecular Hbond substituents is 2. The summed E-state index contributed by atoms with van der Waals surface area (Å²) in [5.74, 6) is 1.21. The molecule has 3 N–H and O–H groups in total. The van der Waals surface area contributed by atoms with Gasteiger partial charge in [-0.1, -0.05) is 197 Å². The molecule has 11 rings (SSSR count). The number of rotatable bonds is 14. The van der Waals surface area contributed by atoms with Crippen LogP contribution in [0.3, 0.4) is 0 Å². The van der Waals surface area contributed by atoms with Gasteiger partial charge >= 0.3 is 21.1 Å². The van der Waals surface area contributed by atoms with E-state index < -0.39 is 49.0 Å². The van der Waals surface area contributed by atoms with Crippen molar-refractivity contribution in [3.63, 3.8) is 0 Å². The Morgan fingerprint density at radius 3 is 1.22 bits per heavy atom. The van der Waals surface area contributed by atoms with E-state index in [-0.39, 0.29) is 87.8 Å². The molecule has 0 atom stereocenters. The third kappa shape index (κ3) is 29.9. The molecule has 6 aromatic carbocycles. The summed E-state index contributed by atoms with van der Waals surface area (Å²) < 4.78 is 75.2. The van der Waals surface area contributed by atoms with E-state index >= 15 is 0 Å². The van der Waals surface area contributed by atoms with Crippen molar-refractivity contribution in [3.05, 3.63) is 205 Å². The molecule has 34 heteroatoms. The van der Waals surface area contributed by atoms with Crippen LogP contribution in [0.25, 0.3) is 11.3 Å². The fourth-order valence-corrected chi connectivity index (χ4v) is 14.1. The standard InChI is InChI=1S/C19H16Cl2FN3O.C18H29BCl2O3Si.C12H24B2O4.C12H18Cl2OSi.C9H12FN.C6H4Cl2O.C4H2ClIN2.CH4.FH/c1-2-25(11-12-4-3-5-14(22)8-12)18-7-6-17(23-24-18)13-9-15(20)19(26)16(21)10-13;1-16(2,3)25(8,9)22-15-13(20)10-12(11-14(15)21)19-23-17(4,5)18(6,7)24-19;1-9(2)10(3,4)16-13(15-9)14-17-11(5,6)12(7,8)18-14;1-12(2,3)16(4,5)15-11-9(13)7-6-8-10(11)14;1-2-11-7-8-4-3-5-9(10)6-8;7-4-2-1-3-5(8)6(4)9;5-3-1-2-4(6)8-7-3;;/h3-10,26H,2,11H2,1H3;10-11H,1-9H3;1-8H3;6-8H,1-5H3;3-6,11H,2,7H2,1H3;1-3,9H;1-2H;1H4;1H. The number of hydrogen-bond acceptors (Lipinski definition) is 16. The highest BCUT2D eigenvalue weighted by Crippen LogP contribution is 2.47. The molecule has 3 aliphatic heterocycles. The molecule has 16 nitrogen and oxygen atoms in total. The predicted octanol–water partition coefficient (Wildman–Crippen LogP) is 25.8. The number of halogens is 13. The lowest BCUT2D eigenvalue weighted by Gasteiger charge is -2.37. The molecule has 0 amide bonds. The summed E-state index contributed by atoms with van der Waals surface area (Å²) in [6, 6.07) is 37.3. The molecule has 5 heterocycles. The van der Waals surface area contributed by atoms with Crippen molar-refractivity contribution < 1.29 is 60.5 Å². The molecular weight excluding hydrogens is 1810 g/mol. The van der Waals surface area contributed by atoms with Crippen LogP contribution in [0, 0.1) is 15.3 Å². The van der Waals surface area contributed by atoms with Crippen LogP contribution in [-0.2, 0) is 41.0 Å². The Labute approximate surface area is 742 Å². The number of para-hydroxylation sites is 2. The predicted molar refractivity (Wildman–Crippen MR) is 490 cm³/mol. The van der Waals surface area contributed by atoms with Crippen molar-refractivity contribution in [1.82, 2.24) is 25.7 Å². The first-order valence-corrected chi connectivity index (χ1v) is 46.8. The van der Waals surface area contributed by atoms with Gasteiger partial charge in [0, 0.05) is 25.2 Å². The van der Waals surface area contributed by atoms with Crippen molar-refractivity contribution in [2.75, 3.05) is 18.0 Å². The van der Waals surface area contributed by atoms with E-state index in [1.165, 1.54) is 18.2 Å². The average molecular weight is 1920 g/mol. The molecule has 0 spiro atoms. The smallest absolute Gasteiger partial charge is 0.494 e. The Morgan fingerprint density at radius 1 is 0.478 bits per heavy atom. The van der Waals surface area contributed by atoms with Crippen LogP contribution in [0.15, 0.2) is 133 Å². The Morgan fingerprint density at radius 2 is 0.861 bits per heavy atom. The first-order chi connectivity index (χ1) is 51.9. The summed E-state index contributed by atoms with van der Waals surface area (Å²) >= 11 is 55.6. The van der Waals surface area contributed by atoms with Gasteiger partial charge in [-0.15, -0.1) is 20.4 Å². The van der Waals surface area contributed by atoms with Gasteiger partial charge in [-0.05, 0) is 269 Å². The van der Waals surface area contributed by atoms with Crippen LogP contribution in [0.5, 0.6) is 23.0 Å². The van der Waals surface area contributed by atoms with Gasteiger partial charge in [-0.2, -0.15) is 0 Å². The van der Waals surface area contributed by atoms with Gasteiger partial charge in [0.1, 0.15) is 26.8 Å². The molecule has 2 aromatic heterocycles. The number of nitrogens with one attached hydrogen (secondary N) is 1. The molecule has 8 aromatic rings. The van der Waals surface area contributed by atoms with Crippen molar-refractivity contribution in [2.45, 2.75) is 229 Å². The fourth-order valence-electron chi connectivity index (χ4n) is 9.47. The van der Waals surface area contributed by atoms with Crippen molar-refractivity contribution in [3.8, 4) is 34.3 Å². The van der Waals surface area contributed by atoms with Crippen molar-refractivity contribution >= 4 is 176 Å². The fraction of sp³-hybridized carbons (Fsp3) is 0.457. The Hall–Kier alpha value is -4.04. The van der Waals surface area contributed by atoms with Gasteiger partial charge < -0.3 is 57.2 Å². The number of hydrogen-bond donors (Lipinski definition) is 3. The summed E-state index contributed by atoms with van der Waals surface area (Å²) in [7, 11) is -5.36. The van der Waals surface area contributed by atoms with Gasteiger partial charge in [0.25, 0.3) is 16.6 Å². The summed E-state index contributed by atoms with van der Waals surface area (Å²) in [5.41, 5.74) is 1.63. The lowest BCUT2D eigenvalue weighted by molar-refractivity contribution is 0.00578. The van der Waals surface area contributed by atoms with Crippen LogP contribution >= 0.6 is 127 Å². The average Bonchev–Trinajstić information content (AvgIpc) is 1.57. The highest BCUT2D eigenvalue weighted by Gasteiger charge is 2.64. The summed E-state index contributed by atoms with van der Waals surface area (Å²) in [4.78, 5) is 1.99. The third-order valence-electron chi connectivity index (χ3n) is 20.5. The minimum Gasteiger partial charge on any atom is -0.542 e. The second-order valence-electron chi connectivity index (χ2n) is 32.8. The summed E-state index contributed by atoms with van der Waals surface area (Å²) in [6.45, 7) is 53.0. The Balaban J connectivity index is 0.000000359. The lowest BCUT2D eigenvalue weighted by Crippen LogP contribution is -2.44. The molecule has 632 valence electrons. The van der Waals surface area contributed by atoms with E-state index in [9.17, 15) is 13.9 Å². The third-order valence-corrected chi connectivity index (χ3v) is 32.3. The van der Waals surface area contributed by atoms with Crippen LogP contribution in [0.2, 0.25) is 81.6 Å². The second-order valence-corrected chi connectivity index (χ2v) is 47.0. The molecular formula is C81H110B3Cl9F3IN6O10Si2. The largest absolute Gasteiger partial charge is 0.542 e. The SMILES string of the molecule is C.CC(C)(C)[Si](C)(C)Oc1c(Cl)cccc1Cl.CC1(C)OB(B2OC(C)(C)C(C)(C)O2)OC1(C)C.CC1(C)OB(c2cc(Cl)c(O[Si](C)(C)C(C)(C)C)c(Cl)c2)OC1(C)C.CCN(Cc1cccc(F)c1)c1ccc(-c2cc(Cl)c(O)c(Cl)c2)nn1.CCNCc1cccc(F)c1.Clc1ccc(I)nn1.F.Oc1c(Cl)cccc1Cl. The number of nitrogens with zero attached hydrogens (tertiary/aromatic N) is 5. The van der Waals surface area contributed by atoms with E-state index in [0.717, 1.165) is 33.4 Å². The van der Waals surface area contributed by atoms with Gasteiger partial charge in [-0.25, -0.2) is 8.78 Å². The van der Waals surface area contributed by atoms with Crippen LogP contribution in [0.1, 0.15) is 157 Å². The zero-order chi connectivity index (χ0) is 85.6. The summed E-state index contributed by atoms with van der Waals surface area (Å²) in [6.07, 6.45) is 0. The molecule has 0 bridgehead atoms. The monoisotopic (exact) mass is 1910 g/mol. The second kappa shape index (κ2) is 43.6. The Kier molecular flexibility index (Phi) is 39.9. The number of anilines is 1. The first kappa shape index (κ1) is 105. The van der Waals surface area contributed by atoms with Crippen LogP contribution < -0.4 is 24.5 Å². The number of phenols is 2. The van der Waals surface area contributed by atoms with E-state index in [2.05, 4.69) is 116 Å². The maximum Gasteiger partial charge on any atom is 0.494 e. The zero-order valence-corrected chi connectivity index (χ0v) is 80.1. The van der Waals surface area contributed by atoms with Crippen molar-refractivity contribution in [2.24, 2.45) is 0 Å². The van der Waals surface area contributed by atoms with Crippen LogP contribution in [-0.4, -0.2) is 115 Å². The van der Waals surface area contributed by atoms with Gasteiger partial charge in [0.05, 0.1) is 79.5 Å². The van der Waals surface area contributed by atoms with E-state index in [0.29, 0.717) is 66.9 Å². The van der Waals surface area contributed by atoms with Crippen LogP contribution in [0.4, 0.5) is 19.3 Å². The summed E-state index contributed by atoms with van der Waals surface area (Å²) in [5, 5.41) is 41.1. The molecule has 3 aliphatic rings. The normalized spacial score (nSPS) is 15.9. The van der Waals surface area contributed by atoms with Gasteiger partial charge in [0.2, 0.25) is 0 Å². The first-order valence-electron chi connectivity index (χ1n) is 36.5. The van der Waals surface area contributed by atoms with E-state index in [4.69, 9.17) is 146 Å². The van der Waals surface area contributed by atoms with E-state index in [1.54, 1.807) is 78.9 Å². The highest BCUT2D eigenvalue weighted by molar-refractivity contribution is 14.1. The zero-order valence-electron chi connectivity index (χ0n) is 69.1. The number of aromatic nitrogens is 4. The molecule has 115 heavy (non-hydrogen) atoms. The minimum absolute atomic E-state index is 0. The topological polar surface area (TPSA) is 181 Å². The highest BCUT2D eigenvalue weighted by atomic mass is 127. The van der Waals surface area contributed by atoms with Crippen molar-refractivity contribution in [1.29, 1.82) is 0 Å². The molecule has 3 fully saturated rings. The molecule has 0 unspecified atom stereocenters. The number of aromatic hydroxyl groups is 2. The molecule has 0 aliphatic carbocycles. The maximum absolute atomic E-state index is 13.4. The Bertz CT molecular complexity index is 4260. The minimum atomic E-state index is -2.03. The van der Waals surface area contributed by atoms with Gasteiger partial charge in [-0.3, -0.25) is 4.70 Å². The number of benzene rings is 6. The van der Waals surface area contributed by atoms with E-state index in [1.807, 2.05) is 138 Å². The van der Waals surface area contributed by atoms with Gasteiger partial charge in [0.15, 0.2) is 22.5 Å².